The van der Waals surface area contributed by atoms with Crippen molar-refractivity contribution in [2.75, 3.05) is 7.11 Å². The second kappa shape index (κ2) is 9.01. The van der Waals surface area contributed by atoms with Gasteiger partial charge < -0.3 is 9.15 Å². The first-order valence-corrected chi connectivity index (χ1v) is 12.3. The second-order valence-corrected chi connectivity index (χ2v) is 9.19. The minimum absolute atomic E-state index is 0.185. The van der Waals surface area contributed by atoms with Gasteiger partial charge in [-0.1, -0.05) is 48.2 Å². The summed E-state index contributed by atoms with van der Waals surface area (Å²) in [5.41, 5.74) is 3.87. The highest BCUT2D eigenvalue weighted by Gasteiger charge is 2.20. The summed E-state index contributed by atoms with van der Waals surface area (Å²) in [5, 5.41) is 10.1. The average molecular weight is 496 g/mol. The van der Waals surface area contributed by atoms with Gasteiger partial charge in [0.25, 0.3) is 5.56 Å². The number of para-hydroxylation sites is 1. The van der Waals surface area contributed by atoms with Crippen molar-refractivity contribution in [1.29, 1.82) is 0 Å². The Morgan fingerprint density at radius 1 is 1.00 bits per heavy atom. The molecule has 0 bridgehead atoms. The van der Waals surface area contributed by atoms with Crippen LogP contribution in [0.2, 0.25) is 0 Å². The number of rotatable bonds is 6. The van der Waals surface area contributed by atoms with E-state index in [0.29, 0.717) is 39.4 Å². The maximum Gasteiger partial charge on any atom is 0.267 e. The van der Waals surface area contributed by atoms with Crippen LogP contribution in [0.4, 0.5) is 0 Å². The molecule has 0 saturated heterocycles. The predicted molar refractivity (Wildman–Crippen MR) is 139 cm³/mol. The molecule has 0 radical (unpaired) electrons. The molecule has 3 aromatic carbocycles. The Morgan fingerprint density at radius 3 is 2.64 bits per heavy atom. The molecular weight excluding hydrogens is 474 g/mol. The topological polar surface area (TPSA) is 87.5 Å². The van der Waals surface area contributed by atoms with Gasteiger partial charge in [-0.3, -0.25) is 9.20 Å². The van der Waals surface area contributed by atoms with Gasteiger partial charge in [-0.2, -0.15) is 0 Å². The maximum atomic E-state index is 13.6. The van der Waals surface area contributed by atoms with Crippen molar-refractivity contribution >= 4 is 28.4 Å². The molecule has 9 heteroatoms. The monoisotopic (exact) mass is 495 g/mol. The number of methoxy groups -OCH3 is 1. The Kier molecular flexibility index (Phi) is 5.54. The molecule has 0 fully saturated rings. The molecule has 0 atom stereocenters. The molecule has 0 amide bonds. The summed E-state index contributed by atoms with van der Waals surface area (Å²) in [7, 11) is 1.59. The largest absolute Gasteiger partial charge is 0.495 e. The molecule has 0 aliphatic rings. The highest BCUT2D eigenvalue weighted by atomic mass is 32.2. The molecule has 0 aliphatic heterocycles. The number of hydrogen-bond donors (Lipinski definition) is 0. The Balaban J connectivity index is 1.46. The summed E-state index contributed by atoms with van der Waals surface area (Å²) >= 11 is 1.48. The van der Waals surface area contributed by atoms with Crippen molar-refractivity contribution < 1.29 is 9.15 Å². The SMILES string of the molecule is COc1ccc(C)cc1-n1c(=O)c2ccccc2n2c(SCc3coc(-c4ccccc4)n3)nnc12. The van der Waals surface area contributed by atoms with Crippen LogP contribution in [0.3, 0.4) is 0 Å². The van der Waals surface area contributed by atoms with E-state index in [2.05, 4.69) is 15.2 Å². The summed E-state index contributed by atoms with van der Waals surface area (Å²) in [6.45, 7) is 1.97. The Labute approximate surface area is 210 Å². The smallest absolute Gasteiger partial charge is 0.267 e. The number of ether oxygens (including phenoxy) is 1. The van der Waals surface area contributed by atoms with Crippen LogP contribution in [-0.2, 0) is 5.75 Å². The number of thioether (sulfide) groups is 1. The third-order valence-electron chi connectivity index (χ3n) is 5.89. The first-order valence-electron chi connectivity index (χ1n) is 11.3. The zero-order valence-electron chi connectivity index (χ0n) is 19.6. The minimum Gasteiger partial charge on any atom is -0.495 e. The average Bonchev–Trinajstić information content (AvgIpc) is 3.56. The number of nitrogens with zero attached hydrogens (tertiary/aromatic N) is 5. The van der Waals surface area contributed by atoms with Crippen LogP contribution >= 0.6 is 11.8 Å². The van der Waals surface area contributed by atoms with Gasteiger partial charge in [0.05, 0.1) is 29.4 Å². The zero-order valence-corrected chi connectivity index (χ0v) is 20.4. The Morgan fingerprint density at radius 2 is 1.81 bits per heavy atom. The van der Waals surface area contributed by atoms with Crippen LogP contribution in [0.25, 0.3) is 33.8 Å². The minimum atomic E-state index is -0.185. The molecule has 3 heterocycles. The van der Waals surface area contributed by atoms with Gasteiger partial charge >= 0.3 is 0 Å². The lowest BCUT2D eigenvalue weighted by molar-refractivity contribution is 0.412. The first-order chi connectivity index (χ1) is 17.6. The van der Waals surface area contributed by atoms with E-state index in [0.717, 1.165) is 22.3 Å². The van der Waals surface area contributed by atoms with Crippen LogP contribution in [-0.4, -0.2) is 31.3 Å². The number of benzene rings is 3. The Bertz CT molecular complexity index is 1770. The molecule has 8 nitrogen and oxygen atoms in total. The van der Waals surface area contributed by atoms with Crippen LogP contribution in [0.5, 0.6) is 5.75 Å². The molecule has 6 aromatic rings. The van der Waals surface area contributed by atoms with E-state index < -0.39 is 0 Å². The zero-order chi connectivity index (χ0) is 24.6. The van der Waals surface area contributed by atoms with E-state index in [4.69, 9.17) is 9.15 Å². The molecule has 3 aromatic heterocycles. The standard InChI is InChI=1S/C27H21N5O3S/c1-17-12-13-23(34-2)22(14-17)31-25(33)20-10-6-7-11-21(20)32-26(31)29-30-27(32)36-16-19-15-35-24(28-19)18-8-4-3-5-9-18/h3-15H,16H2,1-2H3. The molecular formula is C27H21N5O3S. The number of fused-ring (bicyclic) bond motifs is 3. The van der Waals surface area contributed by atoms with E-state index in [1.165, 1.54) is 11.8 Å². The predicted octanol–water partition coefficient (Wildman–Crippen LogP) is 5.30. The lowest BCUT2D eigenvalue weighted by Crippen LogP contribution is -2.22. The molecule has 0 aliphatic carbocycles. The number of aromatic nitrogens is 5. The molecule has 0 spiro atoms. The van der Waals surface area contributed by atoms with Crippen molar-refractivity contribution in [3.8, 4) is 22.9 Å². The molecule has 178 valence electrons. The summed E-state index contributed by atoms with van der Waals surface area (Å²) in [6, 6.07) is 22.9. The van der Waals surface area contributed by atoms with Gasteiger partial charge in [-0.15, -0.1) is 10.2 Å². The van der Waals surface area contributed by atoms with Crippen LogP contribution < -0.4 is 10.3 Å². The summed E-state index contributed by atoms with van der Waals surface area (Å²) in [5.74, 6) is 2.09. The Hall–Kier alpha value is -4.37. The van der Waals surface area contributed by atoms with Gasteiger partial charge in [-0.05, 0) is 48.9 Å². The highest BCUT2D eigenvalue weighted by molar-refractivity contribution is 7.98. The normalized spacial score (nSPS) is 11.4. The number of aryl methyl sites for hydroxylation is 1. The third kappa shape index (κ3) is 3.74. The van der Waals surface area contributed by atoms with E-state index >= 15 is 0 Å². The van der Waals surface area contributed by atoms with Crippen molar-refractivity contribution in [1.82, 2.24) is 24.1 Å². The van der Waals surface area contributed by atoms with E-state index in [1.54, 1.807) is 17.9 Å². The van der Waals surface area contributed by atoms with Crippen molar-refractivity contribution in [3.63, 3.8) is 0 Å². The maximum absolute atomic E-state index is 13.6. The quantitative estimate of drug-likeness (QED) is 0.290. The van der Waals surface area contributed by atoms with Crippen molar-refractivity contribution in [3.05, 3.63) is 101 Å². The fourth-order valence-corrected chi connectivity index (χ4v) is 5.01. The van der Waals surface area contributed by atoms with Crippen molar-refractivity contribution in [2.24, 2.45) is 0 Å². The molecule has 6 rings (SSSR count). The van der Waals surface area contributed by atoms with Crippen LogP contribution in [0.1, 0.15) is 11.3 Å². The number of oxazole rings is 1. The van der Waals surface area contributed by atoms with Gasteiger partial charge in [0.2, 0.25) is 11.7 Å². The fraction of sp³-hybridized carbons (Fsp3) is 0.111. The van der Waals surface area contributed by atoms with Crippen LogP contribution in [0, 0.1) is 6.92 Å². The fourth-order valence-electron chi connectivity index (χ4n) is 4.19. The molecule has 0 saturated carbocycles. The molecule has 36 heavy (non-hydrogen) atoms. The highest BCUT2D eigenvalue weighted by Crippen LogP contribution is 2.29. The van der Waals surface area contributed by atoms with Gasteiger partial charge in [0.15, 0.2) is 5.16 Å². The van der Waals surface area contributed by atoms with Crippen molar-refractivity contribution in [2.45, 2.75) is 17.8 Å². The lowest BCUT2D eigenvalue weighted by atomic mass is 10.2. The van der Waals surface area contributed by atoms with Gasteiger partial charge in [0.1, 0.15) is 12.0 Å². The first kappa shape index (κ1) is 22.1. The number of hydrogen-bond acceptors (Lipinski definition) is 7. The van der Waals surface area contributed by atoms with Gasteiger partial charge in [-0.25, -0.2) is 9.55 Å². The van der Waals surface area contributed by atoms with E-state index in [-0.39, 0.29) is 5.56 Å². The van der Waals surface area contributed by atoms with Gasteiger partial charge in [0, 0.05) is 11.3 Å². The third-order valence-corrected chi connectivity index (χ3v) is 6.85. The summed E-state index contributed by atoms with van der Waals surface area (Å²) in [4.78, 5) is 18.3. The summed E-state index contributed by atoms with van der Waals surface area (Å²) < 4.78 is 14.7. The van der Waals surface area contributed by atoms with Crippen LogP contribution in [0.15, 0.2) is 93.4 Å². The van der Waals surface area contributed by atoms with E-state index in [9.17, 15) is 4.79 Å². The van der Waals surface area contributed by atoms with E-state index in [1.807, 2.05) is 84.1 Å². The lowest BCUT2D eigenvalue weighted by Gasteiger charge is -2.14. The molecule has 0 unspecified atom stereocenters. The second-order valence-electron chi connectivity index (χ2n) is 8.25. The summed E-state index contributed by atoms with van der Waals surface area (Å²) in [6.07, 6.45) is 1.66. The molecule has 0 N–H and O–H groups in total.